The van der Waals surface area contributed by atoms with Crippen LogP contribution in [0, 0.1) is 5.92 Å². The first kappa shape index (κ1) is 19.4. The summed E-state index contributed by atoms with van der Waals surface area (Å²) in [5.74, 6) is 2.10. The Bertz CT molecular complexity index is 970. The van der Waals surface area contributed by atoms with Crippen LogP contribution in [0.15, 0.2) is 30.3 Å². The quantitative estimate of drug-likeness (QED) is 0.592. The van der Waals surface area contributed by atoms with Gasteiger partial charge in [0, 0.05) is 17.5 Å². The lowest BCUT2D eigenvalue weighted by molar-refractivity contribution is -0.124. The Kier molecular flexibility index (Phi) is 5.93. The summed E-state index contributed by atoms with van der Waals surface area (Å²) in [4.78, 5) is 11.6. The molecule has 0 saturated heterocycles. The van der Waals surface area contributed by atoms with Crippen molar-refractivity contribution in [1.82, 2.24) is 25.1 Å². The number of aromatic nitrogens is 4. The second kappa shape index (κ2) is 8.55. The van der Waals surface area contributed by atoms with Gasteiger partial charge in [-0.3, -0.25) is 4.79 Å². The molecule has 3 rings (SSSR count). The van der Waals surface area contributed by atoms with Crippen molar-refractivity contribution in [3.63, 3.8) is 0 Å². The first-order valence-electron chi connectivity index (χ1n) is 8.89. The van der Waals surface area contributed by atoms with Gasteiger partial charge in [-0.2, -0.15) is 4.52 Å². The monoisotopic (exact) mass is 385 g/mol. The molecule has 9 heteroatoms. The summed E-state index contributed by atoms with van der Waals surface area (Å²) in [5, 5.41) is 15.6. The molecule has 0 fully saturated rings. The number of nitrogens with zero attached hydrogens (tertiary/aromatic N) is 4. The Hall–Kier alpha value is -3.36. The third kappa shape index (κ3) is 4.13. The Labute approximate surface area is 162 Å². The molecule has 1 N–H and O–H groups in total. The molecule has 1 aromatic carbocycles. The Morgan fingerprint density at radius 2 is 1.89 bits per heavy atom. The molecular weight excluding hydrogens is 362 g/mol. The molecule has 148 valence electrons. The second-order valence-corrected chi connectivity index (χ2v) is 6.33. The number of hydrogen-bond donors (Lipinski definition) is 1. The summed E-state index contributed by atoms with van der Waals surface area (Å²) < 4.78 is 17.9. The maximum absolute atomic E-state index is 11.6. The number of benzene rings is 1. The molecule has 0 atom stereocenters. The van der Waals surface area contributed by atoms with E-state index in [0.29, 0.717) is 42.0 Å². The zero-order chi connectivity index (χ0) is 20.1. The Morgan fingerprint density at radius 3 is 2.61 bits per heavy atom. The van der Waals surface area contributed by atoms with Crippen LogP contribution in [0.25, 0.3) is 17.0 Å². The molecule has 9 nitrogen and oxygen atoms in total. The van der Waals surface area contributed by atoms with Crippen LogP contribution in [0.4, 0.5) is 0 Å². The van der Waals surface area contributed by atoms with Crippen LogP contribution in [0.1, 0.15) is 13.8 Å². The maximum atomic E-state index is 11.6. The van der Waals surface area contributed by atoms with Crippen LogP contribution >= 0.6 is 0 Å². The van der Waals surface area contributed by atoms with Crippen LogP contribution in [-0.2, 0) is 4.79 Å². The van der Waals surface area contributed by atoms with Crippen molar-refractivity contribution in [3.05, 3.63) is 30.3 Å². The number of ether oxygens (including phenoxy) is 3. The summed E-state index contributed by atoms with van der Waals surface area (Å²) in [6, 6.07) is 8.95. The lowest BCUT2D eigenvalue weighted by Crippen LogP contribution is -2.31. The minimum absolute atomic E-state index is 0.0124. The predicted octanol–water partition coefficient (Wildman–Crippen LogP) is 1.96. The van der Waals surface area contributed by atoms with Crippen LogP contribution < -0.4 is 19.5 Å². The van der Waals surface area contributed by atoms with Crippen molar-refractivity contribution in [2.75, 3.05) is 27.4 Å². The van der Waals surface area contributed by atoms with Crippen molar-refractivity contribution in [2.24, 2.45) is 5.92 Å². The molecule has 0 aliphatic heterocycles. The lowest BCUT2D eigenvalue weighted by atomic mass is 10.2. The number of fused-ring (bicyclic) bond motifs is 1. The van der Waals surface area contributed by atoms with Crippen molar-refractivity contribution < 1.29 is 19.0 Å². The summed E-state index contributed by atoms with van der Waals surface area (Å²) >= 11 is 0. The number of methoxy groups -OCH3 is 2. The SMILES string of the molecule is COc1ccc(-c2nnc3ccc(OCCNC(=O)C(C)C)nn23)cc1OC. The fourth-order valence-corrected chi connectivity index (χ4v) is 2.54. The van der Waals surface area contributed by atoms with Crippen LogP contribution in [0.3, 0.4) is 0 Å². The number of nitrogens with one attached hydrogen (secondary N) is 1. The van der Waals surface area contributed by atoms with E-state index in [1.54, 1.807) is 36.9 Å². The van der Waals surface area contributed by atoms with Crippen molar-refractivity contribution in [1.29, 1.82) is 0 Å². The third-order valence-corrected chi connectivity index (χ3v) is 4.06. The van der Waals surface area contributed by atoms with Crippen molar-refractivity contribution in [2.45, 2.75) is 13.8 Å². The van der Waals surface area contributed by atoms with Crippen LogP contribution in [0.5, 0.6) is 17.4 Å². The van der Waals surface area contributed by atoms with E-state index in [9.17, 15) is 4.79 Å². The molecule has 0 unspecified atom stereocenters. The fraction of sp³-hybridized carbons (Fsp3) is 0.368. The lowest BCUT2D eigenvalue weighted by Gasteiger charge is -2.10. The molecule has 1 amide bonds. The molecule has 0 saturated carbocycles. The first-order chi connectivity index (χ1) is 13.5. The molecule has 2 heterocycles. The number of rotatable bonds is 8. The van der Waals surface area contributed by atoms with Gasteiger partial charge in [0.25, 0.3) is 0 Å². The highest BCUT2D eigenvalue weighted by Gasteiger charge is 2.13. The third-order valence-electron chi connectivity index (χ3n) is 4.06. The smallest absolute Gasteiger partial charge is 0.231 e. The predicted molar refractivity (Wildman–Crippen MR) is 103 cm³/mol. The average Bonchev–Trinajstić information content (AvgIpc) is 3.13. The summed E-state index contributed by atoms with van der Waals surface area (Å²) in [7, 11) is 3.16. The van der Waals surface area contributed by atoms with Gasteiger partial charge >= 0.3 is 0 Å². The highest BCUT2D eigenvalue weighted by Crippen LogP contribution is 2.31. The fourth-order valence-electron chi connectivity index (χ4n) is 2.54. The van der Waals surface area contributed by atoms with Gasteiger partial charge in [-0.1, -0.05) is 13.8 Å². The van der Waals surface area contributed by atoms with Gasteiger partial charge in [-0.05, 0) is 24.3 Å². The van der Waals surface area contributed by atoms with E-state index in [0.717, 1.165) is 5.56 Å². The van der Waals surface area contributed by atoms with Gasteiger partial charge in [0.1, 0.15) is 6.61 Å². The van der Waals surface area contributed by atoms with Gasteiger partial charge in [0.2, 0.25) is 11.8 Å². The average molecular weight is 385 g/mol. The molecule has 0 spiro atoms. The Morgan fingerprint density at radius 1 is 1.11 bits per heavy atom. The standard InChI is InChI=1S/C19H23N5O4/c1-12(2)19(25)20-9-10-28-17-8-7-16-21-22-18(24(16)23-17)13-5-6-14(26-3)15(11-13)27-4/h5-8,11-12H,9-10H2,1-4H3,(H,20,25). The zero-order valence-electron chi connectivity index (χ0n) is 16.3. The summed E-state index contributed by atoms with van der Waals surface area (Å²) in [5.41, 5.74) is 1.37. The number of carbonyl (C=O) groups excluding carboxylic acids is 1. The minimum atomic E-state index is -0.0597. The van der Waals surface area contributed by atoms with Gasteiger partial charge in [0.15, 0.2) is 23.0 Å². The molecule has 0 radical (unpaired) electrons. The summed E-state index contributed by atoms with van der Waals surface area (Å²) in [6.07, 6.45) is 0. The van der Waals surface area contributed by atoms with Gasteiger partial charge in [-0.25, -0.2) is 0 Å². The highest BCUT2D eigenvalue weighted by atomic mass is 16.5. The topological polar surface area (TPSA) is 99.9 Å². The molecule has 28 heavy (non-hydrogen) atoms. The zero-order valence-corrected chi connectivity index (χ0v) is 16.3. The molecule has 0 aliphatic rings. The largest absolute Gasteiger partial charge is 0.493 e. The van der Waals surface area contributed by atoms with Crippen molar-refractivity contribution >= 4 is 11.6 Å². The van der Waals surface area contributed by atoms with E-state index in [1.165, 1.54) is 0 Å². The molecule has 0 aliphatic carbocycles. The number of carbonyl (C=O) groups is 1. The van der Waals surface area contributed by atoms with Gasteiger partial charge in [0.05, 0.1) is 20.8 Å². The van der Waals surface area contributed by atoms with E-state index < -0.39 is 0 Å². The van der Waals surface area contributed by atoms with Crippen LogP contribution in [0.2, 0.25) is 0 Å². The molecule has 3 aromatic rings. The molecule has 2 aromatic heterocycles. The van der Waals surface area contributed by atoms with Gasteiger partial charge in [-0.15, -0.1) is 15.3 Å². The van der Waals surface area contributed by atoms with E-state index in [2.05, 4.69) is 20.6 Å². The van der Waals surface area contributed by atoms with E-state index in [1.807, 2.05) is 26.0 Å². The van der Waals surface area contributed by atoms with E-state index in [4.69, 9.17) is 14.2 Å². The Balaban J connectivity index is 1.78. The number of hydrogen-bond acceptors (Lipinski definition) is 7. The molecular formula is C19H23N5O4. The van der Waals surface area contributed by atoms with Crippen LogP contribution in [-0.4, -0.2) is 53.1 Å². The summed E-state index contributed by atoms with van der Waals surface area (Å²) in [6.45, 7) is 4.40. The molecule has 0 bridgehead atoms. The van der Waals surface area contributed by atoms with E-state index in [-0.39, 0.29) is 11.8 Å². The first-order valence-corrected chi connectivity index (χ1v) is 8.89. The minimum Gasteiger partial charge on any atom is -0.493 e. The van der Waals surface area contributed by atoms with Crippen molar-refractivity contribution in [3.8, 4) is 28.8 Å². The second-order valence-electron chi connectivity index (χ2n) is 6.33. The highest BCUT2D eigenvalue weighted by molar-refractivity contribution is 5.77. The maximum Gasteiger partial charge on any atom is 0.231 e. The normalized spacial score (nSPS) is 10.9. The van der Waals surface area contributed by atoms with Gasteiger partial charge < -0.3 is 19.5 Å². The number of amides is 1. The van der Waals surface area contributed by atoms with E-state index >= 15 is 0 Å².